The van der Waals surface area contributed by atoms with Crippen molar-refractivity contribution in [3.8, 4) is 0 Å². The lowest BCUT2D eigenvalue weighted by Gasteiger charge is -2.11. The first-order valence-electron chi connectivity index (χ1n) is 7.04. The van der Waals surface area contributed by atoms with Gasteiger partial charge in [0.15, 0.2) is 5.69 Å². The third kappa shape index (κ3) is 4.52. The molecule has 0 aliphatic heterocycles. The van der Waals surface area contributed by atoms with Crippen molar-refractivity contribution in [2.75, 3.05) is 18.2 Å². The van der Waals surface area contributed by atoms with Crippen molar-refractivity contribution in [3.05, 3.63) is 46.7 Å². The van der Waals surface area contributed by atoms with E-state index in [0.717, 1.165) is 12.5 Å². The van der Waals surface area contributed by atoms with E-state index in [1.807, 2.05) is 0 Å². The molecule has 0 fully saturated rings. The van der Waals surface area contributed by atoms with Crippen molar-refractivity contribution >= 4 is 39.0 Å². The third-order valence-corrected chi connectivity index (χ3v) is 4.08. The summed E-state index contributed by atoms with van der Waals surface area (Å²) in [5, 5.41) is 1.82. The summed E-state index contributed by atoms with van der Waals surface area (Å²) in [5.41, 5.74) is 0.00324. The van der Waals surface area contributed by atoms with Crippen LogP contribution in [0.25, 0.3) is 0 Å². The van der Waals surface area contributed by atoms with Crippen molar-refractivity contribution < 1.29 is 22.7 Å². The van der Waals surface area contributed by atoms with E-state index < -0.39 is 26.9 Å². The number of para-hydroxylation sites is 1. The standard InChI is InChI=1S/C15H14ClN3O5S/c1-3-24-14(21)9-6-4-5-7-11(9)18-13(20)12-10(16)8-17-15(19-12)25(2,22)23/h4-8H,3H2,1-2H3,(H,18,20). The minimum absolute atomic E-state index is 0.126. The lowest BCUT2D eigenvalue weighted by Crippen LogP contribution is -2.19. The summed E-state index contributed by atoms with van der Waals surface area (Å²) in [4.78, 5) is 31.6. The van der Waals surface area contributed by atoms with Gasteiger partial charge in [-0.3, -0.25) is 4.79 Å². The second kappa shape index (κ2) is 7.58. The van der Waals surface area contributed by atoms with Crippen LogP contribution in [0.2, 0.25) is 5.02 Å². The Morgan fingerprint density at radius 3 is 2.60 bits per heavy atom. The minimum Gasteiger partial charge on any atom is -0.462 e. The highest BCUT2D eigenvalue weighted by molar-refractivity contribution is 7.90. The minimum atomic E-state index is -3.71. The number of amides is 1. The second-order valence-electron chi connectivity index (χ2n) is 4.84. The molecular formula is C15H14ClN3O5S. The van der Waals surface area contributed by atoms with Crippen LogP contribution in [-0.4, -0.2) is 43.1 Å². The first-order chi connectivity index (χ1) is 11.7. The van der Waals surface area contributed by atoms with Crippen molar-refractivity contribution in [2.24, 2.45) is 0 Å². The summed E-state index contributed by atoms with van der Waals surface area (Å²) >= 11 is 5.89. The molecule has 0 saturated carbocycles. The molecule has 2 aromatic rings. The van der Waals surface area contributed by atoms with E-state index in [1.165, 1.54) is 12.1 Å². The molecule has 10 heteroatoms. The van der Waals surface area contributed by atoms with Crippen molar-refractivity contribution in [1.29, 1.82) is 0 Å². The number of rotatable bonds is 5. The SMILES string of the molecule is CCOC(=O)c1ccccc1NC(=O)c1nc(S(C)(=O)=O)ncc1Cl. The molecule has 0 bridgehead atoms. The maximum absolute atomic E-state index is 12.4. The fourth-order valence-electron chi connectivity index (χ4n) is 1.85. The predicted molar refractivity (Wildman–Crippen MR) is 90.5 cm³/mol. The van der Waals surface area contributed by atoms with Crippen LogP contribution in [0.1, 0.15) is 27.8 Å². The number of carbonyl (C=O) groups excluding carboxylic acids is 2. The molecule has 1 N–H and O–H groups in total. The number of nitrogens with one attached hydrogen (secondary N) is 1. The van der Waals surface area contributed by atoms with Crippen molar-refractivity contribution in [1.82, 2.24) is 9.97 Å². The van der Waals surface area contributed by atoms with Gasteiger partial charge in [-0.05, 0) is 19.1 Å². The van der Waals surface area contributed by atoms with Gasteiger partial charge in [-0.25, -0.2) is 23.2 Å². The summed E-state index contributed by atoms with van der Waals surface area (Å²) < 4.78 is 28.0. The van der Waals surface area contributed by atoms with Gasteiger partial charge in [0.1, 0.15) is 0 Å². The molecule has 8 nitrogen and oxygen atoms in total. The van der Waals surface area contributed by atoms with Crippen molar-refractivity contribution in [3.63, 3.8) is 0 Å². The highest BCUT2D eigenvalue weighted by Gasteiger charge is 2.21. The Bertz CT molecular complexity index is 931. The van der Waals surface area contributed by atoms with Crippen LogP contribution in [0.5, 0.6) is 0 Å². The molecule has 1 heterocycles. The molecule has 1 amide bonds. The zero-order valence-corrected chi connectivity index (χ0v) is 14.9. The van der Waals surface area contributed by atoms with Crippen LogP contribution in [-0.2, 0) is 14.6 Å². The predicted octanol–water partition coefficient (Wildman–Crippen LogP) is 1.96. The quantitative estimate of drug-likeness (QED) is 0.619. The van der Waals surface area contributed by atoms with Gasteiger partial charge in [-0.1, -0.05) is 23.7 Å². The van der Waals surface area contributed by atoms with Crippen LogP contribution in [0.3, 0.4) is 0 Å². The highest BCUT2D eigenvalue weighted by atomic mass is 35.5. The molecule has 1 aromatic heterocycles. The number of hydrogen-bond donors (Lipinski definition) is 1. The topological polar surface area (TPSA) is 115 Å². The molecule has 0 saturated heterocycles. The van der Waals surface area contributed by atoms with E-state index in [4.69, 9.17) is 16.3 Å². The Morgan fingerprint density at radius 2 is 1.96 bits per heavy atom. The number of benzene rings is 1. The molecule has 25 heavy (non-hydrogen) atoms. The zero-order chi connectivity index (χ0) is 18.6. The highest BCUT2D eigenvalue weighted by Crippen LogP contribution is 2.20. The van der Waals surface area contributed by atoms with Gasteiger partial charge < -0.3 is 10.1 Å². The van der Waals surface area contributed by atoms with E-state index in [2.05, 4.69) is 15.3 Å². The van der Waals surface area contributed by atoms with Gasteiger partial charge >= 0.3 is 5.97 Å². The van der Waals surface area contributed by atoms with Gasteiger partial charge in [0.2, 0.25) is 15.0 Å². The van der Waals surface area contributed by atoms with Gasteiger partial charge in [-0.15, -0.1) is 0 Å². The fraction of sp³-hybridized carbons (Fsp3) is 0.200. The Labute approximate surface area is 149 Å². The van der Waals surface area contributed by atoms with E-state index in [9.17, 15) is 18.0 Å². The number of sulfone groups is 1. The third-order valence-electron chi connectivity index (χ3n) is 2.94. The molecule has 0 unspecified atom stereocenters. The maximum atomic E-state index is 12.4. The monoisotopic (exact) mass is 383 g/mol. The largest absolute Gasteiger partial charge is 0.462 e. The van der Waals surface area contributed by atoms with Gasteiger partial charge in [-0.2, -0.15) is 0 Å². The van der Waals surface area contributed by atoms with Crippen LogP contribution < -0.4 is 5.32 Å². The molecule has 0 radical (unpaired) electrons. The summed E-state index contributed by atoms with van der Waals surface area (Å²) in [5.74, 6) is -1.39. The van der Waals surface area contributed by atoms with Crippen LogP contribution in [0.4, 0.5) is 5.69 Å². The Hall–Kier alpha value is -2.52. The Balaban J connectivity index is 2.37. The first kappa shape index (κ1) is 18.8. The molecule has 0 aliphatic carbocycles. The normalized spacial score (nSPS) is 11.0. The molecular weight excluding hydrogens is 370 g/mol. The van der Waals surface area contributed by atoms with Crippen molar-refractivity contribution in [2.45, 2.75) is 12.1 Å². The van der Waals surface area contributed by atoms with E-state index >= 15 is 0 Å². The molecule has 1 aromatic carbocycles. The van der Waals surface area contributed by atoms with Crippen LogP contribution >= 0.6 is 11.6 Å². The number of ether oxygens (including phenoxy) is 1. The number of nitrogens with zero attached hydrogens (tertiary/aromatic N) is 2. The summed E-state index contributed by atoms with van der Waals surface area (Å²) in [6.45, 7) is 1.84. The summed E-state index contributed by atoms with van der Waals surface area (Å²) in [6, 6.07) is 6.21. The van der Waals surface area contributed by atoms with Crippen LogP contribution in [0, 0.1) is 0 Å². The van der Waals surface area contributed by atoms with E-state index in [1.54, 1.807) is 19.1 Å². The van der Waals surface area contributed by atoms with E-state index in [-0.39, 0.29) is 28.6 Å². The fourth-order valence-corrected chi connectivity index (χ4v) is 2.53. The van der Waals surface area contributed by atoms with E-state index in [0.29, 0.717) is 0 Å². The second-order valence-corrected chi connectivity index (χ2v) is 7.16. The van der Waals surface area contributed by atoms with Gasteiger partial charge in [0.05, 0.1) is 29.1 Å². The zero-order valence-electron chi connectivity index (χ0n) is 13.3. The number of aromatic nitrogens is 2. The number of esters is 1. The van der Waals surface area contributed by atoms with Gasteiger partial charge in [0, 0.05) is 6.26 Å². The molecule has 0 atom stereocenters. The number of hydrogen-bond acceptors (Lipinski definition) is 7. The van der Waals surface area contributed by atoms with Gasteiger partial charge in [0.25, 0.3) is 5.91 Å². The van der Waals surface area contributed by atoms with Crippen LogP contribution in [0.15, 0.2) is 35.6 Å². The smallest absolute Gasteiger partial charge is 0.340 e. The molecule has 132 valence electrons. The number of halogens is 1. The molecule has 0 spiro atoms. The lowest BCUT2D eigenvalue weighted by molar-refractivity contribution is 0.0527. The molecule has 2 rings (SSSR count). The Kier molecular flexibility index (Phi) is 5.70. The molecule has 0 aliphatic rings. The summed E-state index contributed by atoms with van der Waals surface area (Å²) in [6.07, 6.45) is 1.94. The lowest BCUT2D eigenvalue weighted by atomic mass is 10.1. The Morgan fingerprint density at radius 1 is 1.28 bits per heavy atom. The number of anilines is 1. The number of carbonyl (C=O) groups is 2. The first-order valence-corrected chi connectivity index (χ1v) is 9.31. The summed E-state index contributed by atoms with van der Waals surface area (Å²) in [7, 11) is -3.71. The average Bonchev–Trinajstić information content (AvgIpc) is 2.54. The average molecular weight is 384 g/mol. The maximum Gasteiger partial charge on any atom is 0.340 e.